The number of nitrogens with zero attached hydrogens (tertiary/aromatic N) is 4. The van der Waals surface area contributed by atoms with Gasteiger partial charge in [-0.3, -0.25) is 4.68 Å². The maximum Gasteiger partial charge on any atom is 0.203 e. The van der Waals surface area contributed by atoms with Gasteiger partial charge >= 0.3 is 0 Å². The lowest BCUT2D eigenvalue weighted by Gasteiger charge is -2.15. The highest BCUT2D eigenvalue weighted by Crippen LogP contribution is 2.29. The van der Waals surface area contributed by atoms with E-state index in [1.165, 1.54) is 0 Å². The number of hydrogen-bond acceptors (Lipinski definition) is 5. The number of aromatic nitrogens is 5. The number of halogens is 1. The lowest BCUT2D eigenvalue weighted by molar-refractivity contribution is 0.165. The summed E-state index contributed by atoms with van der Waals surface area (Å²) in [6.45, 7) is 0.830. The number of fused-ring (bicyclic) bond motifs is 1. The monoisotopic (exact) mass is 376 g/mol. The van der Waals surface area contributed by atoms with E-state index in [2.05, 4.69) is 41.3 Å². The highest BCUT2D eigenvalue weighted by Gasteiger charge is 2.33. The van der Waals surface area contributed by atoms with Crippen LogP contribution >= 0.6 is 15.9 Å². The number of aliphatic hydroxyl groups is 1. The molecule has 0 radical (unpaired) electrons. The fourth-order valence-electron chi connectivity index (χ4n) is 3.21. The first-order valence-corrected chi connectivity index (χ1v) is 8.40. The minimum atomic E-state index is -0.386. The van der Waals surface area contributed by atoms with Crippen LogP contribution < -0.4 is 5.32 Å². The van der Waals surface area contributed by atoms with E-state index in [0.29, 0.717) is 17.5 Å². The van der Waals surface area contributed by atoms with E-state index in [1.54, 1.807) is 12.4 Å². The topological polar surface area (TPSA) is 91.7 Å². The molecule has 1 fully saturated rings. The molecule has 7 nitrogen and oxygen atoms in total. The molecule has 1 saturated carbocycles. The molecule has 1 aliphatic carbocycles. The van der Waals surface area contributed by atoms with Crippen LogP contribution in [0.5, 0.6) is 0 Å². The lowest BCUT2D eigenvalue weighted by atomic mass is 10.1. The Bertz CT molecular complexity index is 802. The Kier molecular flexibility index (Phi) is 3.78. The molecule has 0 saturated heterocycles. The van der Waals surface area contributed by atoms with Crippen LogP contribution in [-0.2, 0) is 6.54 Å². The third-order valence-corrected chi connectivity index (χ3v) is 4.69. The van der Waals surface area contributed by atoms with Crippen LogP contribution in [0.4, 0.5) is 5.95 Å². The van der Waals surface area contributed by atoms with Gasteiger partial charge < -0.3 is 15.4 Å². The summed E-state index contributed by atoms with van der Waals surface area (Å²) in [6, 6.07) is 3.84. The van der Waals surface area contributed by atoms with Crippen LogP contribution in [0.1, 0.15) is 12.8 Å². The van der Waals surface area contributed by atoms with E-state index in [-0.39, 0.29) is 12.1 Å². The minimum Gasteiger partial charge on any atom is -0.391 e. The Morgan fingerprint density at radius 3 is 3.17 bits per heavy atom. The van der Waals surface area contributed by atoms with Crippen molar-refractivity contribution >= 4 is 33.0 Å². The quantitative estimate of drug-likeness (QED) is 0.648. The molecule has 3 aromatic rings. The van der Waals surface area contributed by atoms with Gasteiger partial charge in [-0.1, -0.05) is 0 Å². The van der Waals surface area contributed by atoms with Gasteiger partial charge in [0.2, 0.25) is 5.95 Å². The summed E-state index contributed by atoms with van der Waals surface area (Å²) in [7, 11) is 0. The number of aliphatic hydroxyl groups excluding tert-OH is 1. The summed E-state index contributed by atoms with van der Waals surface area (Å²) >= 11 is 3.40. The van der Waals surface area contributed by atoms with Gasteiger partial charge in [-0.15, -0.1) is 0 Å². The van der Waals surface area contributed by atoms with E-state index < -0.39 is 0 Å². The maximum absolute atomic E-state index is 10.3. The number of imidazole rings is 1. The molecule has 1 unspecified atom stereocenters. The zero-order valence-electron chi connectivity index (χ0n) is 12.4. The van der Waals surface area contributed by atoms with Gasteiger partial charge in [0, 0.05) is 29.6 Å². The smallest absolute Gasteiger partial charge is 0.203 e. The predicted molar refractivity (Wildman–Crippen MR) is 90.0 cm³/mol. The minimum absolute atomic E-state index is 0.0143. The second kappa shape index (κ2) is 5.93. The largest absolute Gasteiger partial charge is 0.391 e. The Balaban J connectivity index is 1.45. The van der Waals surface area contributed by atoms with Crippen molar-refractivity contribution in [1.82, 2.24) is 24.7 Å². The van der Waals surface area contributed by atoms with Gasteiger partial charge in [0.1, 0.15) is 0 Å². The average Bonchev–Trinajstić information content (AvgIpc) is 3.21. The summed E-state index contributed by atoms with van der Waals surface area (Å²) in [5.74, 6) is 1.05. The molecule has 0 spiro atoms. The number of H-pyrrole nitrogens is 1. The molecule has 0 amide bonds. The number of anilines is 1. The molecular weight excluding hydrogens is 360 g/mol. The van der Waals surface area contributed by atoms with Gasteiger partial charge in [-0.25, -0.2) is 4.98 Å². The second-order valence-electron chi connectivity index (χ2n) is 5.99. The van der Waals surface area contributed by atoms with Gasteiger partial charge in [-0.05, 0) is 46.8 Å². The van der Waals surface area contributed by atoms with Crippen molar-refractivity contribution in [3.63, 3.8) is 0 Å². The Morgan fingerprint density at radius 1 is 1.43 bits per heavy atom. The zero-order chi connectivity index (χ0) is 15.8. The van der Waals surface area contributed by atoms with Crippen molar-refractivity contribution in [1.29, 1.82) is 0 Å². The van der Waals surface area contributed by atoms with Crippen LogP contribution in [0.15, 0.2) is 35.2 Å². The van der Waals surface area contributed by atoms with Gasteiger partial charge in [0.25, 0.3) is 0 Å². The van der Waals surface area contributed by atoms with Crippen molar-refractivity contribution in [3.8, 4) is 0 Å². The number of hydrogen-bond donors (Lipinski definition) is 3. The van der Waals surface area contributed by atoms with Crippen molar-refractivity contribution in [2.24, 2.45) is 5.92 Å². The fraction of sp³-hybridized carbons (Fsp3) is 0.400. The summed E-state index contributed by atoms with van der Waals surface area (Å²) < 4.78 is 2.82. The Morgan fingerprint density at radius 2 is 2.35 bits per heavy atom. The normalized spacial score (nSPS) is 24.3. The molecule has 3 atom stereocenters. The van der Waals surface area contributed by atoms with Gasteiger partial charge in [0.05, 0.1) is 17.7 Å². The fourth-order valence-corrected chi connectivity index (χ4v) is 3.55. The molecule has 8 heteroatoms. The second-order valence-corrected chi connectivity index (χ2v) is 6.91. The van der Waals surface area contributed by atoms with Crippen LogP contribution in [0.3, 0.4) is 0 Å². The highest BCUT2D eigenvalue weighted by atomic mass is 79.9. The molecule has 3 N–H and O–H groups in total. The summed E-state index contributed by atoms with van der Waals surface area (Å²) in [6.07, 6.45) is 6.72. The van der Waals surface area contributed by atoms with E-state index in [9.17, 15) is 5.11 Å². The summed E-state index contributed by atoms with van der Waals surface area (Å²) in [4.78, 5) is 11.9. The summed E-state index contributed by atoms with van der Waals surface area (Å²) in [5, 5.41) is 17.9. The van der Waals surface area contributed by atoms with Crippen molar-refractivity contribution in [2.75, 3.05) is 5.32 Å². The van der Waals surface area contributed by atoms with Crippen molar-refractivity contribution in [2.45, 2.75) is 31.5 Å². The lowest BCUT2D eigenvalue weighted by Crippen LogP contribution is -2.28. The standard InChI is InChI=1S/C15H17BrN6O/c16-10-6-12-14(17-7-10)21-15(20-12)19-11-4-9(5-13(11)23)8-22-3-1-2-18-22/h1-3,6-7,9,11,13,23H,4-5,8H2,(H2,17,19,20,21)/t9?,11-,13-/m1/s1. The molecule has 4 rings (SSSR count). The first-order valence-electron chi connectivity index (χ1n) is 7.60. The molecule has 0 aromatic carbocycles. The van der Waals surface area contributed by atoms with E-state index >= 15 is 0 Å². The highest BCUT2D eigenvalue weighted by molar-refractivity contribution is 9.10. The molecule has 0 aliphatic heterocycles. The van der Waals surface area contributed by atoms with Crippen LogP contribution in [0.25, 0.3) is 11.2 Å². The molecule has 3 aromatic heterocycles. The van der Waals surface area contributed by atoms with Crippen LogP contribution in [-0.4, -0.2) is 42.0 Å². The van der Waals surface area contributed by atoms with E-state index in [4.69, 9.17) is 0 Å². The predicted octanol–water partition coefficient (Wildman–Crippen LogP) is 2.17. The van der Waals surface area contributed by atoms with Crippen molar-refractivity contribution < 1.29 is 5.11 Å². The number of rotatable bonds is 4. The molecular formula is C15H17BrN6O. The van der Waals surface area contributed by atoms with E-state index in [0.717, 1.165) is 29.4 Å². The molecule has 23 heavy (non-hydrogen) atoms. The Labute approximate surface area is 141 Å². The van der Waals surface area contributed by atoms with Gasteiger partial charge in [-0.2, -0.15) is 10.1 Å². The molecule has 120 valence electrons. The molecule has 3 heterocycles. The molecule has 1 aliphatic rings. The van der Waals surface area contributed by atoms with Crippen LogP contribution in [0, 0.1) is 5.92 Å². The number of pyridine rings is 1. The zero-order valence-corrected chi connectivity index (χ0v) is 13.9. The van der Waals surface area contributed by atoms with Gasteiger partial charge in [0.15, 0.2) is 5.65 Å². The third-order valence-electron chi connectivity index (χ3n) is 4.26. The first kappa shape index (κ1) is 14.6. The SMILES string of the molecule is O[C@@H]1CC(Cn2cccn2)C[C@H]1Nc1nc2ncc(Br)cc2[nH]1. The number of aromatic amines is 1. The maximum atomic E-state index is 10.3. The Hall–Kier alpha value is -1.93. The van der Waals surface area contributed by atoms with Crippen LogP contribution in [0.2, 0.25) is 0 Å². The first-order chi connectivity index (χ1) is 11.2. The number of nitrogens with one attached hydrogen (secondary N) is 2. The summed E-state index contributed by atoms with van der Waals surface area (Å²) in [5.41, 5.74) is 1.53. The van der Waals surface area contributed by atoms with Crippen molar-refractivity contribution in [3.05, 3.63) is 35.2 Å². The average molecular weight is 377 g/mol. The van der Waals surface area contributed by atoms with E-state index in [1.807, 2.05) is 23.0 Å². The molecule has 0 bridgehead atoms. The third kappa shape index (κ3) is 3.09.